The molecule has 1 amide bonds. The van der Waals surface area contributed by atoms with E-state index in [0.29, 0.717) is 24.8 Å². The molecule has 3 heterocycles. The van der Waals surface area contributed by atoms with Gasteiger partial charge in [0.05, 0.1) is 18.1 Å². The zero-order valence-electron chi connectivity index (χ0n) is 19.0. The van der Waals surface area contributed by atoms with Gasteiger partial charge in [0.15, 0.2) is 10.8 Å². The Morgan fingerprint density at radius 2 is 1.94 bits per heavy atom. The van der Waals surface area contributed by atoms with Gasteiger partial charge < -0.3 is 10.2 Å². The molecule has 1 aromatic carbocycles. The fraction of sp³-hybridized carbons (Fsp3) is 0.500. The van der Waals surface area contributed by atoms with Crippen LogP contribution in [0.5, 0.6) is 0 Å². The van der Waals surface area contributed by atoms with Crippen molar-refractivity contribution in [3.05, 3.63) is 42.1 Å². The number of anilines is 1. The minimum Gasteiger partial charge on any atom is -0.356 e. The highest BCUT2D eigenvalue weighted by molar-refractivity contribution is 7.99. The molecule has 0 bridgehead atoms. The molecule has 1 saturated heterocycles. The first-order valence-corrected chi connectivity index (χ1v) is 12.4. The second kappa shape index (κ2) is 10.8. The van der Waals surface area contributed by atoms with Crippen molar-refractivity contribution in [2.75, 3.05) is 24.5 Å². The first-order chi connectivity index (χ1) is 15.6. The minimum atomic E-state index is 0.0841. The van der Waals surface area contributed by atoms with Crippen molar-refractivity contribution in [3.8, 4) is 0 Å². The average Bonchev–Trinajstić information content (AvgIpc) is 3.44. The van der Waals surface area contributed by atoms with Crippen molar-refractivity contribution in [2.45, 2.75) is 62.9 Å². The number of aromatic nitrogens is 4. The van der Waals surface area contributed by atoms with E-state index < -0.39 is 0 Å². The summed E-state index contributed by atoms with van der Waals surface area (Å²) in [5, 5.41) is 9.80. The van der Waals surface area contributed by atoms with Gasteiger partial charge in [0.1, 0.15) is 5.82 Å². The number of benzene rings is 1. The molecule has 0 radical (unpaired) electrons. The third-order valence-electron chi connectivity index (χ3n) is 5.56. The van der Waals surface area contributed by atoms with E-state index in [1.54, 1.807) is 11.8 Å². The van der Waals surface area contributed by atoms with Crippen molar-refractivity contribution in [2.24, 2.45) is 0 Å². The molecule has 0 spiro atoms. The Hall–Kier alpha value is -2.61. The Morgan fingerprint density at radius 3 is 2.69 bits per heavy atom. The number of nitrogens with zero attached hydrogens (tertiary/aromatic N) is 5. The first kappa shape index (κ1) is 22.6. The molecule has 32 heavy (non-hydrogen) atoms. The normalized spacial score (nSPS) is 13.9. The summed E-state index contributed by atoms with van der Waals surface area (Å²) in [5.74, 6) is 1.08. The number of aryl methyl sites for hydroxylation is 1. The maximum absolute atomic E-state index is 12.3. The van der Waals surface area contributed by atoms with E-state index in [1.807, 2.05) is 29.1 Å². The van der Waals surface area contributed by atoms with Crippen molar-refractivity contribution in [1.82, 2.24) is 25.1 Å². The number of fused-ring (bicyclic) bond motifs is 1. The van der Waals surface area contributed by atoms with Gasteiger partial charge in [0.2, 0.25) is 5.91 Å². The van der Waals surface area contributed by atoms with E-state index in [2.05, 4.69) is 41.3 Å². The van der Waals surface area contributed by atoms with Crippen LogP contribution in [0.4, 0.5) is 5.82 Å². The van der Waals surface area contributed by atoms with Crippen molar-refractivity contribution < 1.29 is 4.79 Å². The van der Waals surface area contributed by atoms with Crippen molar-refractivity contribution >= 4 is 34.5 Å². The van der Waals surface area contributed by atoms with Crippen LogP contribution in [-0.4, -0.2) is 50.5 Å². The lowest BCUT2D eigenvalue weighted by Gasteiger charge is -2.18. The van der Waals surface area contributed by atoms with Crippen LogP contribution >= 0.6 is 11.8 Å². The summed E-state index contributed by atoms with van der Waals surface area (Å²) in [6.45, 7) is 7.49. The molecule has 7 nitrogen and oxygen atoms in total. The topological polar surface area (TPSA) is 75.9 Å². The highest BCUT2D eigenvalue weighted by Crippen LogP contribution is 2.30. The maximum atomic E-state index is 12.3. The molecule has 2 aromatic heterocycles. The number of amides is 1. The molecule has 170 valence electrons. The second-order valence-electron chi connectivity index (χ2n) is 8.48. The van der Waals surface area contributed by atoms with Gasteiger partial charge in [0.25, 0.3) is 0 Å². The molecule has 8 heteroatoms. The third-order valence-corrected chi connectivity index (χ3v) is 6.43. The van der Waals surface area contributed by atoms with Crippen LogP contribution in [0.3, 0.4) is 0 Å². The highest BCUT2D eigenvalue weighted by Gasteiger charge is 2.21. The Bertz CT molecular complexity index is 1030. The molecular weight excluding hydrogens is 420 g/mol. The zero-order valence-corrected chi connectivity index (χ0v) is 19.8. The van der Waals surface area contributed by atoms with Gasteiger partial charge in [-0.1, -0.05) is 55.9 Å². The lowest BCUT2D eigenvalue weighted by molar-refractivity contribution is -0.121. The fourth-order valence-corrected chi connectivity index (χ4v) is 4.71. The molecule has 3 aromatic rings. The lowest BCUT2D eigenvalue weighted by Crippen LogP contribution is -2.27. The zero-order chi connectivity index (χ0) is 22.3. The standard InChI is InChI=1S/C24H32N6OS/c1-18(2)32-24-27-22(29-14-6-7-15-29)20-17-26-30(23(20)28-24)16-13-25-21(31)12-8-11-19-9-4-3-5-10-19/h3-5,9-10,17-18H,6-8,11-16H2,1-2H3,(H,25,31). The van der Waals surface area contributed by atoms with Crippen LogP contribution in [0, 0.1) is 0 Å². The summed E-state index contributed by atoms with van der Waals surface area (Å²) < 4.78 is 1.89. The van der Waals surface area contributed by atoms with Gasteiger partial charge in [-0.2, -0.15) is 5.10 Å². The molecule has 1 N–H and O–H groups in total. The monoisotopic (exact) mass is 452 g/mol. The molecule has 1 aliphatic rings. The Labute approximate surface area is 194 Å². The lowest BCUT2D eigenvalue weighted by atomic mass is 10.1. The summed E-state index contributed by atoms with van der Waals surface area (Å²) in [5.41, 5.74) is 2.12. The number of carbonyl (C=O) groups is 1. The molecular formula is C24H32N6OS. The van der Waals surface area contributed by atoms with Gasteiger partial charge in [-0.3, -0.25) is 4.79 Å². The van der Waals surface area contributed by atoms with E-state index in [9.17, 15) is 4.79 Å². The summed E-state index contributed by atoms with van der Waals surface area (Å²) in [6.07, 6.45) is 6.57. The number of carbonyl (C=O) groups excluding carboxylic acids is 1. The molecule has 4 rings (SSSR count). The van der Waals surface area contributed by atoms with Gasteiger partial charge in [-0.15, -0.1) is 0 Å². The van der Waals surface area contributed by atoms with E-state index >= 15 is 0 Å². The smallest absolute Gasteiger partial charge is 0.220 e. The van der Waals surface area contributed by atoms with Crippen molar-refractivity contribution in [1.29, 1.82) is 0 Å². The third kappa shape index (κ3) is 5.79. The van der Waals surface area contributed by atoms with Crippen LogP contribution in [0.25, 0.3) is 11.0 Å². The van der Waals surface area contributed by atoms with Crippen molar-refractivity contribution in [3.63, 3.8) is 0 Å². The number of hydrogen-bond donors (Lipinski definition) is 1. The Balaban J connectivity index is 1.37. The molecule has 0 unspecified atom stereocenters. The Morgan fingerprint density at radius 1 is 1.16 bits per heavy atom. The minimum absolute atomic E-state index is 0.0841. The van der Waals surface area contributed by atoms with Gasteiger partial charge in [0, 0.05) is 31.3 Å². The fourth-order valence-electron chi connectivity index (χ4n) is 4.01. The van der Waals surface area contributed by atoms with E-state index in [1.165, 1.54) is 18.4 Å². The first-order valence-electron chi connectivity index (χ1n) is 11.6. The average molecular weight is 453 g/mol. The van der Waals surface area contributed by atoms with Gasteiger partial charge in [-0.05, 0) is 31.2 Å². The molecule has 0 atom stereocenters. The molecule has 0 aliphatic carbocycles. The van der Waals surface area contributed by atoms with Crippen LogP contribution in [-0.2, 0) is 17.8 Å². The van der Waals surface area contributed by atoms with Crippen LogP contribution in [0.15, 0.2) is 41.7 Å². The predicted octanol–water partition coefficient (Wildman–Crippen LogP) is 4.07. The van der Waals surface area contributed by atoms with Crippen LogP contribution in [0.1, 0.15) is 45.1 Å². The predicted molar refractivity (Wildman–Crippen MR) is 130 cm³/mol. The van der Waals surface area contributed by atoms with E-state index in [4.69, 9.17) is 9.97 Å². The summed E-state index contributed by atoms with van der Waals surface area (Å²) in [4.78, 5) is 24.3. The summed E-state index contributed by atoms with van der Waals surface area (Å²) in [6, 6.07) is 10.3. The quantitative estimate of drug-likeness (QED) is 0.369. The number of rotatable bonds is 10. The largest absolute Gasteiger partial charge is 0.356 e. The van der Waals surface area contributed by atoms with Crippen LogP contribution in [0.2, 0.25) is 0 Å². The number of thioether (sulfide) groups is 1. The molecule has 0 saturated carbocycles. The molecule has 1 fully saturated rings. The highest BCUT2D eigenvalue weighted by atomic mass is 32.2. The summed E-state index contributed by atoms with van der Waals surface area (Å²) in [7, 11) is 0. The maximum Gasteiger partial charge on any atom is 0.220 e. The van der Waals surface area contributed by atoms with E-state index in [0.717, 1.165) is 47.9 Å². The molecule has 1 aliphatic heterocycles. The summed E-state index contributed by atoms with van der Waals surface area (Å²) >= 11 is 1.67. The van der Waals surface area contributed by atoms with Gasteiger partial charge in [-0.25, -0.2) is 14.6 Å². The SMILES string of the molecule is CC(C)Sc1nc(N2CCCC2)c2cnn(CCNC(=O)CCCc3ccccc3)c2n1. The van der Waals surface area contributed by atoms with Gasteiger partial charge >= 0.3 is 0 Å². The second-order valence-corrected chi connectivity index (χ2v) is 10.0. The number of nitrogens with one attached hydrogen (secondary N) is 1. The Kier molecular flexibility index (Phi) is 7.63. The van der Waals surface area contributed by atoms with E-state index in [-0.39, 0.29) is 5.91 Å². The van der Waals surface area contributed by atoms with Crippen LogP contribution < -0.4 is 10.2 Å². The number of hydrogen-bond acceptors (Lipinski definition) is 6.